The molecule has 1 unspecified atom stereocenters. The molecule has 3 nitrogen and oxygen atoms in total. The van der Waals surface area contributed by atoms with E-state index < -0.39 is 6.04 Å². The number of nitrogens with two attached hydrogens (primary N) is 1. The van der Waals surface area contributed by atoms with Gasteiger partial charge in [-0.2, -0.15) is 0 Å². The number of hydrogen-bond acceptors (Lipinski definition) is 2. The fraction of sp³-hybridized carbons (Fsp3) is 0.417. The SMILES string of the molecule is Cc1ccc([C@@H](C)NC(=O)C(C)N)cc1. The standard InChI is InChI=1S/C12H18N2O/c1-8-4-6-11(7-5-8)10(3)14-12(15)9(2)13/h4-7,9-10H,13H2,1-3H3,(H,14,15)/t9?,10-/m1/s1. The number of carbonyl (C=O) groups excluding carboxylic acids is 1. The smallest absolute Gasteiger partial charge is 0.237 e. The normalized spacial score (nSPS) is 14.4. The van der Waals surface area contributed by atoms with Gasteiger partial charge < -0.3 is 11.1 Å². The zero-order chi connectivity index (χ0) is 11.4. The highest BCUT2D eigenvalue weighted by Crippen LogP contribution is 2.12. The van der Waals surface area contributed by atoms with E-state index in [4.69, 9.17) is 5.73 Å². The van der Waals surface area contributed by atoms with E-state index in [0.29, 0.717) is 0 Å². The molecule has 0 aliphatic heterocycles. The topological polar surface area (TPSA) is 55.1 Å². The Morgan fingerprint density at radius 2 is 1.80 bits per heavy atom. The van der Waals surface area contributed by atoms with Crippen LogP contribution in [0.5, 0.6) is 0 Å². The molecule has 0 aliphatic carbocycles. The highest BCUT2D eigenvalue weighted by atomic mass is 16.2. The average molecular weight is 206 g/mol. The Balaban J connectivity index is 2.65. The zero-order valence-electron chi connectivity index (χ0n) is 9.45. The molecule has 15 heavy (non-hydrogen) atoms. The number of carbonyl (C=O) groups is 1. The number of hydrogen-bond donors (Lipinski definition) is 2. The first-order valence-corrected chi connectivity index (χ1v) is 5.13. The molecule has 0 aromatic heterocycles. The molecule has 82 valence electrons. The molecule has 1 amide bonds. The van der Waals surface area contributed by atoms with Crippen molar-refractivity contribution in [2.45, 2.75) is 32.9 Å². The summed E-state index contributed by atoms with van der Waals surface area (Å²) in [5.74, 6) is -0.122. The van der Waals surface area contributed by atoms with Gasteiger partial charge in [0, 0.05) is 0 Å². The van der Waals surface area contributed by atoms with Crippen LogP contribution in [-0.4, -0.2) is 11.9 Å². The van der Waals surface area contributed by atoms with Gasteiger partial charge in [-0.25, -0.2) is 0 Å². The molecule has 0 saturated heterocycles. The summed E-state index contributed by atoms with van der Waals surface area (Å²) < 4.78 is 0. The molecule has 0 aliphatic rings. The van der Waals surface area contributed by atoms with Crippen LogP contribution >= 0.6 is 0 Å². The minimum absolute atomic E-state index is 0.00380. The summed E-state index contributed by atoms with van der Waals surface area (Å²) >= 11 is 0. The molecule has 0 saturated carbocycles. The third-order valence-corrected chi connectivity index (χ3v) is 2.35. The Kier molecular flexibility index (Phi) is 3.86. The maximum atomic E-state index is 11.4. The van der Waals surface area contributed by atoms with Gasteiger partial charge in [0.2, 0.25) is 5.91 Å². The second-order valence-electron chi connectivity index (χ2n) is 3.93. The largest absolute Gasteiger partial charge is 0.348 e. The van der Waals surface area contributed by atoms with Crippen LogP contribution in [0.1, 0.15) is 31.0 Å². The molecule has 1 aromatic carbocycles. The van der Waals surface area contributed by atoms with Crippen LogP contribution < -0.4 is 11.1 Å². The summed E-state index contributed by atoms with van der Waals surface area (Å²) in [6, 6.07) is 7.64. The second kappa shape index (κ2) is 4.94. The van der Waals surface area contributed by atoms with Crippen LogP contribution in [0.4, 0.5) is 0 Å². The molecule has 3 N–H and O–H groups in total. The number of nitrogens with one attached hydrogen (secondary N) is 1. The van der Waals surface area contributed by atoms with E-state index in [1.54, 1.807) is 6.92 Å². The van der Waals surface area contributed by atoms with Crippen LogP contribution in [0.3, 0.4) is 0 Å². The number of aryl methyl sites for hydroxylation is 1. The highest BCUT2D eigenvalue weighted by molar-refractivity contribution is 5.81. The molecular formula is C12H18N2O. The maximum absolute atomic E-state index is 11.4. The van der Waals surface area contributed by atoms with E-state index in [-0.39, 0.29) is 11.9 Å². The van der Waals surface area contributed by atoms with Gasteiger partial charge in [0.15, 0.2) is 0 Å². The monoisotopic (exact) mass is 206 g/mol. The fourth-order valence-electron chi connectivity index (χ4n) is 1.28. The molecule has 0 bridgehead atoms. The van der Waals surface area contributed by atoms with Crippen LogP contribution in [0.15, 0.2) is 24.3 Å². The second-order valence-corrected chi connectivity index (χ2v) is 3.93. The van der Waals surface area contributed by atoms with E-state index in [1.165, 1.54) is 5.56 Å². The van der Waals surface area contributed by atoms with Crippen LogP contribution in [0, 0.1) is 6.92 Å². The zero-order valence-corrected chi connectivity index (χ0v) is 9.45. The lowest BCUT2D eigenvalue weighted by Crippen LogP contribution is -2.39. The van der Waals surface area contributed by atoms with Gasteiger partial charge in [-0.1, -0.05) is 29.8 Å². The van der Waals surface area contributed by atoms with Crippen molar-refractivity contribution < 1.29 is 4.79 Å². The molecule has 1 rings (SSSR count). The predicted molar refractivity (Wildman–Crippen MR) is 61.4 cm³/mol. The van der Waals surface area contributed by atoms with E-state index in [0.717, 1.165) is 5.56 Å². The maximum Gasteiger partial charge on any atom is 0.237 e. The van der Waals surface area contributed by atoms with Crippen molar-refractivity contribution in [1.29, 1.82) is 0 Å². The van der Waals surface area contributed by atoms with Crippen molar-refractivity contribution in [2.24, 2.45) is 5.73 Å². The molecule has 0 radical (unpaired) electrons. The molecule has 0 spiro atoms. The lowest BCUT2D eigenvalue weighted by atomic mass is 10.1. The Hall–Kier alpha value is -1.35. The average Bonchev–Trinajstić information content (AvgIpc) is 2.18. The van der Waals surface area contributed by atoms with Crippen molar-refractivity contribution in [2.75, 3.05) is 0 Å². The summed E-state index contributed by atoms with van der Waals surface area (Å²) in [6.07, 6.45) is 0. The van der Waals surface area contributed by atoms with Crippen molar-refractivity contribution in [3.8, 4) is 0 Å². The molecule has 0 heterocycles. The summed E-state index contributed by atoms with van der Waals surface area (Å²) in [4.78, 5) is 11.4. The molecule has 2 atom stereocenters. The van der Waals surface area contributed by atoms with Gasteiger partial charge in [-0.3, -0.25) is 4.79 Å². The van der Waals surface area contributed by atoms with Crippen molar-refractivity contribution in [3.05, 3.63) is 35.4 Å². The van der Waals surface area contributed by atoms with Gasteiger partial charge in [0.05, 0.1) is 12.1 Å². The first-order valence-electron chi connectivity index (χ1n) is 5.13. The summed E-state index contributed by atoms with van der Waals surface area (Å²) in [5.41, 5.74) is 7.78. The van der Waals surface area contributed by atoms with Crippen LogP contribution in [-0.2, 0) is 4.79 Å². The summed E-state index contributed by atoms with van der Waals surface area (Å²) in [7, 11) is 0. The molecule has 1 aromatic rings. The van der Waals surface area contributed by atoms with Gasteiger partial charge in [-0.15, -0.1) is 0 Å². The first kappa shape index (κ1) is 11.7. The van der Waals surface area contributed by atoms with Crippen molar-refractivity contribution in [1.82, 2.24) is 5.32 Å². The highest BCUT2D eigenvalue weighted by Gasteiger charge is 2.11. The minimum atomic E-state index is -0.460. The van der Waals surface area contributed by atoms with Crippen LogP contribution in [0.2, 0.25) is 0 Å². The third kappa shape index (κ3) is 3.36. The summed E-state index contributed by atoms with van der Waals surface area (Å²) in [5, 5.41) is 2.85. The lowest BCUT2D eigenvalue weighted by molar-refractivity contribution is -0.122. The minimum Gasteiger partial charge on any atom is -0.348 e. The Morgan fingerprint density at radius 3 is 2.27 bits per heavy atom. The van der Waals surface area contributed by atoms with Crippen molar-refractivity contribution >= 4 is 5.91 Å². The molecule has 0 fully saturated rings. The van der Waals surface area contributed by atoms with E-state index >= 15 is 0 Å². The third-order valence-electron chi connectivity index (χ3n) is 2.35. The van der Waals surface area contributed by atoms with E-state index in [1.807, 2.05) is 38.1 Å². The fourth-order valence-corrected chi connectivity index (χ4v) is 1.28. The van der Waals surface area contributed by atoms with Gasteiger partial charge in [0.25, 0.3) is 0 Å². The van der Waals surface area contributed by atoms with Gasteiger partial charge in [-0.05, 0) is 26.3 Å². The summed E-state index contributed by atoms with van der Waals surface area (Å²) in [6.45, 7) is 5.66. The Morgan fingerprint density at radius 1 is 1.27 bits per heavy atom. The molecular weight excluding hydrogens is 188 g/mol. The number of benzene rings is 1. The Labute approximate surface area is 90.7 Å². The first-order chi connectivity index (χ1) is 7.00. The van der Waals surface area contributed by atoms with Gasteiger partial charge >= 0.3 is 0 Å². The van der Waals surface area contributed by atoms with Gasteiger partial charge in [0.1, 0.15) is 0 Å². The van der Waals surface area contributed by atoms with Crippen LogP contribution in [0.25, 0.3) is 0 Å². The number of amides is 1. The molecule has 3 heteroatoms. The van der Waals surface area contributed by atoms with E-state index in [9.17, 15) is 4.79 Å². The predicted octanol–water partition coefficient (Wildman–Crippen LogP) is 1.52. The van der Waals surface area contributed by atoms with Crippen molar-refractivity contribution in [3.63, 3.8) is 0 Å². The Bertz CT molecular complexity index is 330. The number of rotatable bonds is 3. The van der Waals surface area contributed by atoms with E-state index in [2.05, 4.69) is 5.32 Å². The lowest BCUT2D eigenvalue weighted by Gasteiger charge is -2.16. The quantitative estimate of drug-likeness (QED) is 0.787.